The highest BCUT2D eigenvalue weighted by Gasteiger charge is 2.39. The zero-order chi connectivity index (χ0) is 19.7. The molecule has 0 radical (unpaired) electrons. The van der Waals surface area contributed by atoms with E-state index in [0.717, 1.165) is 11.1 Å². The molecular formula is C23H26O4. The molecule has 0 atom stereocenters. The third-order valence-corrected chi connectivity index (χ3v) is 4.11. The van der Waals surface area contributed by atoms with E-state index >= 15 is 0 Å². The van der Waals surface area contributed by atoms with Gasteiger partial charge in [-0.1, -0.05) is 87.2 Å². The maximum atomic E-state index is 12.6. The molecule has 0 saturated carbocycles. The number of benzene rings is 2. The summed E-state index contributed by atoms with van der Waals surface area (Å²) in [5.74, 6) is -0.984. The number of carbonyl (C=O) groups excluding carboxylic acids is 2. The predicted molar refractivity (Wildman–Crippen MR) is 105 cm³/mol. The second-order valence-corrected chi connectivity index (χ2v) is 6.78. The van der Waals surface area contributed by atoms with Gasteiger partial charge in [-0.2, -0.15) is 0 Å². The number of ether oxygens (including phenoxy) is 2. The van der Waals surface area contributed by atoms with Crippen LogP contribution in [0.4, 0.5) is 0 Å². The van der Waals surface area contributed by atoms with Crippen molar-refractivity contribution in [3.63, 3.8) is 0 Å². The topological polar surface area (TPSA) is 52.6 Å². The van der Waals surface area contributed by atoms with Gasteiger partial charge >= 0.3 is 11.9 Å². The molecule has 0 bridgehead atoms. The maximum absolute atomic E-state index is 12.6. The van der Waals surface area contributed by atoms with Crippen LogP contribution in [0.2, 0.25) is 0 Å². The third kappa shape index (κ3) is 5.55. The highest BCUT2D eigenvalue weighted by atomic mass is 16.6. The summed E-state index contributed by atoms with van der Waals surface area (Å²) >= 11 is 0. The van der Waals surface area contributed by atoms with Crippen LogP contribution < -0.4 is 0 Å². The normalized spacial score (nSPS) is 11.1. The predicted octanol–water partition coefficient (Wildman–Crippen LogP) is 4.64. The van der Waals surface area contributed by atoms with E-state index < -0.39 is 24.0 Å². The fraction of sp³-hybridized carbons (Fsp3) is 0.304. The van der Waals surface area contributed by atoms with Crippen LogP contribution in [0.15, 0.2) is 73.3 Å². The Kier molecular flexibility index (Phi) is 7.35. The highest BCUT2D eigenvalue weighted by molar-refractivity contribution is 5.91. The van der Waals surface area contributed by atoms with Gasteiger partial charge in [-0.3, -0.25) is 9.59 Å². The van der Waals surface area contributed by atoms with Crippen molar-refractivity contribution in [1.29, 1.82) is 0 Å². The zero-order valence-corrected chi connectivity index (χ0v) is 15.9. The SMILES string of the molecule is C=CCOC(=O)CC(=O)OC(CC(C)C)(c1ccccc1)c1ccccc1. The molecule has 0 aliphatic heterocycles. The molecule has 0 unspecified atom stereocenters. The summed E-state index contributed by atoms with van der Waals surface area (Å²) in [5.41, 5.74) is 0.780. The summed E-state index contributed by atoms with van der Waals surface area (Å²) in [6.07, 6.45) is 1.61. The van der Waals surface area contributed by atoms with Crippen molar-refractivity contribution >= 4 is 11.9 Å². The Morgan fingerprint density at radius 1 is 0.963 bits per heavy atom. The molecule has 4 nitrogen and oxygen atoms in total. The standard InChI is InChI=1S/C23H26O4/c1-4-15-26-21(24)16-22(25)27-23(17-18(2)3,19-11-7-5-8-12-19)20-13-9-6-10-14-20/h4-14,18H,1,15-17H2,2-3H3. The van der Waals surface area contributed by atoms with Crippen LogP contribution in [-0.2, 0) is 24.7 Å². The minimum absolute atomic E-state index is 0.0701. The van der Waals surface area contributed by atoms with E-state index in [1.54, 1.807) is 0 Å². The first-order valence-electron chi connectivity index (χ1n) is 9.07. The summed E-state index contributed by atoms with van der Waals surface area (Å²) < 4.78 is 10.9. The van der Waals surface area contributed by atoms with E-state index in [0.29, 0.717) is 6.42 Å². The van der Waals surface area contributed by atoms with Gasteiger partial charge in [0, 0.05) is 11.1 Å². The molecule has 0 amide bonds. The van der Waals surface area contributed by atoms with E-state index in [4.69, 9.17) is 9.47 Å². The number of rotatable bonds is 9. The first-order valence-corrected chi connectivity index (χ1v) is 9.07. The van der Waals surface area contributed by atoms with Gasteiger partial charge in [0.15, 0.2) is 5.60 Å². The molecule has 0 aliphatic carbocycles. The molecule has 27 heavy (non-hydrogen) atoms. The Bertz CT molecular complexity index is 711. The molecule has 2 aromatic rings. The van der Waals surface area contributed by atoms with Crippen molar-refractivity contribution in [3.8, 4) is 0 Å². The molecule has 2 rings (SSSR count). The minimum atomic E-state index is -0.966. The molecule has 2 aromatic carbocycles. The van der Waals surface area contributed by atoms with E-state index in [2.05, 4.69) is 20.4 Å². The lowest BCUT2D eigenvalue weighted by atomic mass is 9.79. The molecule has 0 heterocycles. The van der Waals surface area contributed by atoms with E-state index in [9.17, 15) is 9.59 Å². The Morgan fingerprint density at radius 2 is 1.48 bits per heavy atom. The number of carbonyl (C=O) groups is 2. The third-order valence-electron chi connectivity index (χ3n) is 4.11. The van der Waals surface area contributed by atoms with Crippen LogP contribution in [0.1, 0.15) is 37.8 Å². The molecule has 0 N–H and O–H groups in total. The Balaban J connectivity index is 2.40. The van der Waals surface area contributed by atoms with Crippen molar-refractivity contribution in [3.05, 3.63) is 84.4 Å². The smallest absolute Gasteiger partial charge is 0.318 e. The van der Waals surface area contributed by atoms with Crippen LogP contribution in [-0.4, -0.2) is 18.5 Å². The van der Waals surface area contributed by atoms with Gasteiger partial charge in [0.2, 0.25) is 0 Å². The van der Waals surface area contributed by atoms with E-state index in [1.807, 2.05) is 60.7 Å². The zero-order valence-electron chi connectivity index (χ0n) is 15.9. The van der Waals surface area contributed by atoms with Crippen LogP contribution >= 0.6 is 0 Å². The Morgan fingerprint density at radius 3 is 1.93 bits per heavy atom. The van der Waals surface area contributed by atoms with Crippen LogP contribution in [0.3, 0.4) is 0 Å². The average Bonchev–Trinajstić information content (AvgIpc) is 2.66. The lowest BCUT2D eigenvalue weighted by molar-refractivity contribution is -0.164. The molecule has 0 aromatic heterocycles. The van der Waals surface area contributed by atoms with Crippen molar-refractivity contribution in [1.82, 2.24) is 0 Å². The van der Waals surface area contributed by atoms with Gasteiger partial charge in [-0.15, -0.1) is 0 Å². The summed E-state index contributed by atoms with van der Waals surface area (Å²) in [5, 5.41) is 0. The molecule has 0 aliphatic rings. The van der Waals surface area contributed by atoms with Crippen molar-refractivity contribution in [2.75, 3.05) is 6.61 Å². The summed E-state index contributed by atoms with van der Waals surface area (Å²) in [4.78, 5) is 24.4. The van der Waals surface area contributed by atoms with Gasteiger partial charge in [0.1, 0.15) is 13.0 Å². The summed E-state index contributed by atoms with van der Waals surface area (Å²) in [7, 11) is 0. The molecule has 142 valence electrons. The Labute approximate surface area is 160 Å². The quantitative estimate of drug-likeness (QED) is 0.369. The molecule has 0 spiro atoms. The Hall–Kier alpha value is -2.88. The fourth-order valence-corrected chi connectivity index (χ4v) is 3.10. The fourth-order valence-electron chi connectivity index (χ4n) is 3.10. The van der Waals surface area contributed by atoms with Gasteiger partial charge in [0.05, 0.1) is 0 Å². The van der Waals surface area contributed by atoms with E-state index in [-0.39, 0.29) is 12.5 Å². The van der Waals surface area contributed by atoms with Crippen molar-refractivity contribution in [2.24, 2.45) is 5.92 Å². The van der Waals surface area contributed by atoms with Crippen LogP contribution in [0.5, 0.6) is 0 Å². The lowest BCUT2D eigenvalue weighted by Crippen LogP contribution is -2.36. The molecule has 0 fully saturated rings. The molecule has 4 heteroatoms. The molecule has 0 saturated heterocycles. The maximum Gasteiger partial charge on any atom is 0.318 e. The van der Waals surface area contributed by atoms with Gasteiger partial charge in [0.25, 0.3) is 0 Å². The minimum Gasteiger partial charge on any atom is -0.461 e. The first-order chi connectivity index (χ1) is 13.0. The molecular weight excluding hydrogens is 340 g/mol. The summed E-state index contributed by atoms with van der Waals surface area (Å²) in [6, 6.07) is 19.3. The van der Waals surface area contributed by atoms with Crippen molar-refractivity contribution in [2.45, 2.75) is 32.3 Å². The number of hydrogen-bond donors (Lipinski definition) is 0. The monoisotopic (exact) mass is 366 g/mol. The van der Waals surface area contributed by atoms with Gasteiger partial charge < -0.3 is 9.47 Å². The van der Waals surface area contributed by atoms with Gasteiger partial charge in [-0.05, 0) is 12.3 Å². The van der Waals surface area contributed by atoms with Crippen molar-refractivity contribution < 1.29 is 19.1 Å². The number of esters is 2. The van der Waals surface area contributed by atoms with Crippen LogP contribution in [0, 0.1) is 5.92 Å². The lowest BCUT2D eigenvalue weighted by Gasteiger charge is -2.36. The highest BCUT2D eigenvalue weighted by Crippen LogP contribution is 2.39. The summed E-state index contributed by atoms with van der Waals surface area (Å²) in [6.45, 7) is 7.71. The van der Waals surface area contributed by atoms with E-state index in [1.165, 1.54) is 6.08 Å². The first kappa shape index (κ1) is 20.4. The second kappa shape index (κ2) is 9.72. The van der Waals surface area contributed by atoms with Gasteiger partial charge in [-0.25, -0.2) is 0 Å². The van der Waals surface area contributed by atoms with Crippen LogP contribution in [0.25, 0.3) is 0 Å². The number of hydrogen-bond acceptors (Lipinski definition) is 4. The second-order valence-electron chi connectivity index (χ2n) is 6.78. The largest absolute Gasteiger partial charge is 0.461 e. The average molecular weight is 366 g/mol.